The van der Waals surface area contributed by atoms with Crippen LogP contribution in [0.5, 0.6) is 0 Å². The minimum Gasteiger partial charge on any atom is -0.310 e. The molecule has 1 aliphatic rings. The number of rotatable bonds is 6. The van der Waals surface area contributed by atoms with Crippen molar-refractivity contribution in [3.63, 3.8) is 0 Å². The Labute approximate surface area is 129 Å². The van der Waals surface area contributed by atoms with E-state index in [2.05, 4.69) is 27.6 Å². The molecule has 5 heteroatoms. The smallest absolute Gasteiger partial charge is 0.228 e. The first-order valence-electron chi connectivity index (χ1n) is 7.64. The van der Waals surface area contributed by atoms with Crippen molar-refractivity contribution >= 4 is 22.5 Å². The molecule has 1 aliphatic carbocycles. The molecule has 114 valence electrons. The van der Waals surface area contributed by atoms with Crippen LogP contribution in [0, 0.1) is 16.7 Å². The maximum absolute atomic E-state index is 11.8. The van der Waals surface area contributed by atoms with Gasteiger partial charge in [0.25, 0.3) is 0 Å². The summed E-state index contributed by atoms with van der Waals surface area (Å²) in [7, 11) is 0. The lowest BCUT2D eigenvalue weighted by Gasteiger charge is -2.09. The van der Waals surface area contributed by atoms with Crippen LogP contribution in [0.1, 0.15) is 25.3 Å². The van der Waals surface area contributed by atoms with Gasteiger partial charge in [0.2, 0.25) is 5.91 Å². The largest absolute Gasteiger partial charge is 0.310 e. The van der Waals surface area contributed by atoms with Crippen LogP contribution < -0.4 is 5.32 Å². The van der Waals surface area contributed by atoms with E-state index in [1.807, 2.05) is 19.1 Å². The molecule has 0 spiro atoms. The number of fused-ring (bicyclic) bond motifs is 1. The molecule has 1 fully saturated rings. The summed E-state index contributed by atoms with van der Waals surface area (Å²) in [6.45, 7) is 2.35. The minimum atomic E-state index is 0.0682. The van der Waals surface area contributed by atoms with E-state index in [4.69, 9.17) is 0 Å². The van der Waals surface area contributed by atoms with Crippen LogP contribution >= 0.6 is 0 Å². The number of nitroso groups, excluding NO2 is 1. The summed E-state index contributed by atoms with van der Waals surface area (Å²) in [6, 6.07) is 8.06. The van der Waals surface area contributed by atoms with E-state index in [-0.39, 0.29) is 17.7 Å². The number of nitrogens with one attached hydrogen (secondary N) is 1. The van der Waals surface area contributed by atoms with Gasteiger partial charge in [-0.15, -0.1) is 0 Å². The van der Waals surface area contributed by atoms with Gasteiger partial charge in [0.1, 0.15) is 5.82 Å². The van der Waals surface area contributed by atoms with Crippen LogP contribution in [0.15, 0.2) is 35.6 Å². The number of amides is 1. The number of anilines is 1. The number of carbonyl (C=O) groups excluding carboxylic acids is 1. The van der Waals surface area contributed by atoms with Crippen LogP contribution in [-0.2, 0) is 11.2 Å². The van der Waals surface area contributed by atoms with Crippen LogP contribution in [0.3, 0.4) is 0 Å². The SMILES string of the molecule is CC(CN=O)Cc1ccc2cc(NC(=O)C3CC3)ncc2c1. The molecule has 1 heterocycles. The third kappa shape index (κ3) is 3.47. The van der Waals surface area contributed by atoms with Crippen molar-refractivity contribution in [1.82, 2.24) is 4.98 Å². The van der Waals surface area contributed by atoms with Gasteiger partial charge in [0.05, 0.1) is 6.54 Å². The summed E-state index contributed by atoms with van der Waals surface area (Å²) in [6.07, 6.45) is 4.57. The second-order valence-corrected chi connectivity index (χ2v) is 6.14. The number of carbonyl (C=O) groups is 1. The molecule has 2 aromatic rings. The lowest BCUT2D eigenvalue weighted by Crippen LogP contribution is -2.14. The van der Waals surface area contributed by atoms with Crippen molar-refractivity contribution in [2.45, 2.75) is 26.2 Å². The highest BCUT2D eigenvalue weighted by Crippen LogP contribution is 2.30. The van der Waals surface area contributed by atoms with Crippen LogP contribution in [0.2, 0.25) is 0 Å². The van der Waals surface area contributed by atoms with Crippen molar-refractivity contribution in [3.8, 4) is 0 Å². The third-order valence-corrected chi connectivity index (χ3v) is 3.96. The highest BCUT2D eigenvalue weighted by atomic mass is 16.3. The Morgan fingerprint density at radius 3 is 2.91 bits per heavy atom. The first-order chi connectivity index (χ1) is 10.7. The van der Waals surface area contributed by atoms with E-state index in [0.29, 0.717) is 12.4 Å². The molecule has 3 rings (SSSR count). The molecule has 0 aliphatic heterocycles. The third-order valence-electron chi connectivity index (χ3n) is 3.96. The van der Waals surface area contributed by atoms with Crippen molar-refractivity contribution < 1.29 is 4.79 Å². The predicted octanol–water partition coefficient (Wildman–Crippen LogP) is 3.53. The summed E-state index contributed by atoms with van der Waals surface area (Å²) in [5.74, 6) is 1.09. The first-order valence-corrected chi connectivity index (χ1v) is 7.64. The van der Waals surface area contributed by atoms with Gasteiger partial charge in [-0.1, -0.05) is 24.2 Å². The van der Waals surface area contributed by atoms with Crippen molar-refractivity contribution in [2.24, 2.45) is 17.0 Å². The van der Waals surface area contributed by atoms with Crippen LogP contribution in [0.25, 0.3) is 10.8 Å². The molecule has 1 N–H and O–H groups in total. The summed E-state index contributed by atoms with van der Waals surface area (Å²) >= 11 is 0. The monoisotopic (exact) mass is 297 g/mol. The molecule has 0 bridgehead atoms. The lowest BCUT2D eigenvalue weighted by atomic mass is 9.99. The maximum Gasteiger partial charge on any atom is 0.228 e. The minimum absolute atomic E-state index is 0.0682. The highest BCUT2D eigenvalue weighted by molar-refractivity contribution is 5.95. The Hall–Kier alpha value is -2.30. The van der Waals surface area contributed by atoms with Crippen molar-refractivity contribution in [1.29, 1.82) is 0 Å². The second kappa shape index (κ2) is 6.22. The Kier molecular flexibility index (Phi) is 4.13. The fourth-order valence-corrected chi connectivity index (χ4v) is 2.55. The van der Waals surface area contributed by atoms with Gasteiger partial charge in [-0.3, -0.25) is 4.79 Å². The van der Waals surface area contributed by atoms with Gasteiger partial charge in [0, 0.05) is 17.5 Å². The Balaban J connectivity index is 1.75. The number of hydrogen-bond acceptors (Lipinski definition) is 4. The Morgan fingerprint density at radius 2 is 2.18 bits per heavy atom. The normalized spacial score (nSPS) is 15.5. The predicted molar refractivity (Wildman–Crippen MR) is 86.6 cm³/mol. The van der Waals surface area contributed by atoms with Gasteiger partial charge < -0.3 is 5.32 Å². The van der Waals surface area contributed by atoms with Crippen molar-refractivity contribution in [2.75, 3.05) is 11.9 Å². The number of benzene rings is 1. The molecule has 1 amide bonds. The van der Waals surface area contributed by atoms with E-state index in [9.17, 15) is 9.70 Å². The summed E-state index contributed by atoms with van der Waals surface area (Å²) < 4.78 is 0. The molecule has 1 unspecified atom stereocenters. The van der Waals surface area contributed by atoms with Crippen molar-refractivity contribution in [3.05, 3.63) is 40.9 Å². The number of nitrogens with zero attached hydrogens (tertiary/aromatic N) is 2. The van der Waals surface area contributed by atoms with Crippen LogP contribution in [0.4, 0.5) is 5.82 Å². The van der Waals surface area contributed by atoms with E-state index in [1.54, 1.807) is 6.20 Å². The average molecular weight is 297 g/mol. The topological polar surface area (TPSA) is 71.4 Å². The fraction of sp³-hybridized carbons (Fsp3) is 0.412. The molecule has 0 radical (unpaired) electrons. The maximum atomic E-state index is 11.8. The van der Waals surface area contributed by atoms with Gasteiger partial charge >= 0.3 is 0 Å². The second-order valence-electron chi connectivity index (χ2n) is 6.14. The summed E-state index contributed by atoms with van der Waals surface area (Å²) in [5, 5.41) is 7.89. The van der Waals surface area contributed by atoms with Gasteiger partial charge in [-0.05, 0) is 48.3 Å². The Morgan fingerprint density at radius 1 is 1.36 bits per heavy atom. The zero-order valence-corrected chi connectivity index (χ0v) is 12.6. The van der Waals surface area contributed by atoms with Gasteiger partial charge in [-0.25, -0.2) is 4.98 Å². The molecule has 1 aromatic carbocycles. The Bertz CT molecular complexity index is 710. The summed E-state index contributed by atoms with van der Waals surface area (Å²) in [4.78, 5) is 26.4. The van der Waals surface area contributed by atoms with E-state index in [0.717, 1.165) is 30.0 Å². The number of aromatic nitrogens is 1. The number of pyridine rings is 1. The van der Waals surface area contributed by atoms with Crippen LogP contribution in [-0.4, -0.2) is 17.4 Å². The quantitative estimate of drug-likeness (QED) is 0.829. The molecule has 1 atom stereocenters. The molecular formula is C17H19N3O2. The zero-order valence-electron chi connectivity index (χ0n) is 12.6. The fourth-order valence-electron chi connectivity index (χ4n) is 2.55. The van der Waals surface area contributed by atoms with E-state index >= 15 is 0 Å². The summed E-state index contributed by atoms with van der Waals surface area (Å²) in [5.41, 5.74) is 1.17. The standard InChI is InChI=1S/C17H19N3O2/c1-11(9-19-22)6-12-2-3-14-8-16(18-10-15(14)7-12)20-17(21)13-4-5-13/h2-3,7-8,10-11,13H,4-6,9H2,1H3,(H,18,20,21). The van der Waals surface area contributed by atoms with Gasteiger partial charge in [-0.2, -0.15) is 4.91 Å². The zero-order chi connectivity index (χ0) is 15.5. The van der Waals surface area contributed by atoms with Gasteiger partial charge in [0.15, 0.2) is 0 Å². The molecule has 5 nitrogen and oxygen atoms in total. The lowest BCUT2D eigenvalue weighted by molar-refractivity contribution is -0.117. The molecule has 22 heavy (non-hydrogen) atoms. The average Bonchev–Trinajstić information content (AvgIpc) is 3.32. The van der Waals surface area contributed by atoms with E-state index in [1.165, 1.54) is 5.56 Å². The molecular weight excluding hydrogens is 278 g/mol. The van der Waals surface area contributed by atoms with E-state index < -0.39 is 0 Å². The molecule has 1 saturated carbocycles. The number of hydrogen-bond donors (Lipinski definition) is 1. The first kappa shape index (κ1) is 14.6. The highest BCUT2D eigenvalue weighted by Gasteiger charge is 2.29. The molecule has 0 saturated heterocycles. The molecule has 1 aromatic heterocycles.